The Morgan fingerprint density at radius 3 is 2.24 bits per heavy atom. The van der Waals surface area contributed by atoms with Crippen molar-refractivity contribution in [2.45, 2.75) is 19.0 Å². The number of halogens is 1. The zero-order valence-electron chi connectivity index (χ0n) is 18.7. The molecule has 0 unspecified atom stereocenters. The Morgan fingerprint density at radius 1 is 0.939 bits per heavy atom. The highest BCUT2D eigenvalue weighted by Crippen LogP contribution is 2.20. The summed E-state index contributed by atoms with van der Waals surface area (Å²) in [6, 6.07) is 23.1. The number of hydrogen-bond acceptors (Lipinski definition) is 4. The van der Waals surface area contributed by atoms with Gasteiger partial charge >= 0.3 is 0 Å². The predicted octanol–water partition coefficient (Wildman–Crippen LogP) is 4.11. The van der Waals surface area contributed by atoms with E-state index in [0.29, 0.717) is 22.9 Å². The van der Waals surface area contributed by atoms with Crippen LogP contribution in [-0.2, 0) is 22.6 Å². The fourth-order valence-electron chi connectivity index (χ4n) is 3.45. The van der Waals surface area contributed by atoms with Crippen LogP contribution >= 0.6 is 11.6 Å². The van der Waals surface area contributed by atoms with Gasteiger partial charge in [-0.25, -0.2) is 0 Å². The second kappa shape index (κ2) is 11.9. The fraction of sp³-hybridized carbons (Fsp3) is 0.231. The van der Waals surface area contributed by atoms with E-state index in [-0.39, 0.29) is 25.0 Å². The van der Waals surface area contributed by atoms with Gasteiger partial charge in [-0.3, -0.25) is 9.59 Å². The summed E-state index contributed by atoms with van der Waals surface area (Å²) >= 11 is 6.16. The highest BCUT2D eigenvalue weighted by Gasteiger charge is 2.30. The number of carbonyl (C=O) groups excluding carboxylic acids is 2. The van der Waals surface area contributed by atoms with E-state index in [1.165, 1.54) is 0 Å². The quantitative estimate of drug-likeness (QED) is 0.488. The van der Waals surface area contributed by atoms with Crippen LogP contribution in [0.4, 0.5) is 0 Å². The second-order valence-corrected chi connectivity index (χ2v) is 7.87. The van der Waals surface area contributed by atoms with Gasteiger partial charge < -0.3 is 19.7 Å². The van der Waals surface area contributed by atoms with E-state index in [1.54, 1.807) is 55.5 Å². The number of rotatable bonds is 10. The topological polar surface area (TPSA) is 67.9 Å². The molecule has 1 N–H and O–H groups in total. The van der Waals surface area contributed by atoms with Crippen molar-refractivity contribution >= 4 is 23.4 Å². The molecule has 0 saturated heterocycles. The normalized spacial score (nSPS) is 11.4. The maximum atomic E-state index is 13.3. The molecule has 3 aromatic carbocycles. The van der Waals surface area contributed by atoms with Crippen LogP contribution in [0, 0.1) is 0 Å². The van der Waals surface area contributed by atoms with Crippen molar-refractivity contribution in [2.24, 2.45) is 0 Å². The van der Waals surface area contributed by atoms with Crippen molar-refractivity contribution in [3.8, 4) is 11.5 Å². The van der Waals surface area contributed by atoms with Crippen LogP contribution in [0.5, 0.6) is 11.5 Å². The first-order chi connectivity index (χ1) is 16.0. The SMILES string of the molecule is CNC(=O)[C@H](Cc1ccccc1)N(Cc1cccc(Cl)c1)C(=O)COc1ccc(OC)cc1. The fourth-order valence-corrected chi connectivity index (χ4v) is 3.67. The van der Waals surface area contributed by atoms with Gasteiger partial charge in [-0.2, -0.15) is 0 Å². The van der Waals surface area contributed by atoms with E-state index in [2.05, 4.69) is 5.32 Å². The molecule has 172 valence electrons. The van der Waals surface area contributed by atoms with Crippen LogP contribution < -0.4 is 14.8 Å². The Morgan fingerprint density at radius 2 is 1.61 bits per heavy atom. The van der Waals surface area contributed by atoms with Crippen LogP contribution in [-0.4, -0.2) is 43.5 Å². The molecule has 0 bridgehead atoms. The van der Waals surface area contributed by atoms with Crippen LogP contribution in [0.3, 0.4) is 0 Å². The smallest absolute Gasteiger partial charge is 0.261 e. The lowest BCUT2D eigenvalue weighted by atomic mass is 10.0. The maximum absolute atomic E-state index is 13.3. The van der Waals surface area contributed by atoms with E-state index in [1.807, 2.05) is 42.5 Å². The number of benzene rings is 3. The summed E-state index contributed by atoms with van der Waals surface area (Å²) in [6.45, 7) is 0.00542. The number of carbonyl (C=O) groups is 2. The minimum Gasteiger partial charge on any atom is -0.497 e. The number of hydrogen-bond donors (Lipinski definition) is 1. The first-order valence-corrected chi connectivity index (χ1v) is 10.9. The zero-order valence-corrected chi connectivity index (χ0v) is 19.4. The standard InChI is InChI=1S/C26H27ClN2O4/c1-28-26(31)24(16-19-7-4-3-5-8-19)29(17-20-9-6-10-21(27)15-20)25(30)18-33-23-13-11-22(32-2)12-14-23/h3-15,24H,16-18H2,1-2H3,(H,28,31)/t24-/m0/s1. The third-order valence-corrected chi connectivity index (χ3v) is 5.42. The van der Waals surface area contributed by atoms with E-state index in [4.69, 9.17) is 21.1 Å². The molecule has 0 fully saturated rings. The van der Waals surface area contributed by atoms with Gasteiger partial charge in [0.05, 0.1) is 7.11 Å². The molecule has 3 rings (SSSR count). The van der Waals surface area contributed by atoms with Crippen LogP contribution in [0.15, 0.2) is 78.9 Å². The molecule has 0 aliphatic carbocycles. The number of ether oxygens (including phenoxy) is 2. The second-order valence-electron chi connectivity index (χ2n) is 7.44. The molecular formula is C26H27ClN2O4. The first kappa shape index (κ1) is 24.1. The maximum Gasteiger partial charge on any atom is 0.261 e. The summed E-state index contributed by atoms with van der Waals surface area (Å²) in [6.07, 6.45) is 0.370. The molecule has 3 aromatic rings. The lowest BCUT2D eigenvalue weighted by Crippen LogP contribution is -2.51. The van der Waals surface area contributed by atoms with Gasteiger partial charge in [0, 0.05) is 25.0 Å². The number of methoxy groups -OCH3 is 1. The third-order valence-electron chi connectivity index (χ3n) is 5.18. The predicted molar refractivity (Wildman–Crippen MR) is 128 cm³/mol. The van der Waals surface area contributed by atoms with Crippen molar-refractivity contribution in [1.82, 2.24) is 10.2 Å². The van der Waals surface area contributed by atoms with Crippen molar-refractivity contribution in [3.05, 3.63) is 95.0 Å². The third kappa shape index (κ3) is 6.99. The van der Waals surface area contributed by atoms with Gasteiger partial charge in [0.2, 0.25) is 5.91 Å². The highest BCUT2D eigenvalue weighted by atomic mass is 35.5. The number of nitrogens with one attached hydrogen (secondary N) is 1. The molecular weight excluding hydrogens is 440 g/mol. The largest absolute Gasteiger partial charge is 0.497 e. The number of amides is 2. The monoisotopic (exact) mass is 466 g/mol. The molecule has 0 saturated carbocycles. The molecule has 1 atom stereocenters. The molecule has 0 radical (unpaired) electrons. The van der Waals surface area contributed by atoms with Crippen molar-refractivity contribution in [2.75, 3.05) is 20.8 Å². The van der Waals surface area contributed by atoms with Gasteiger partial charge in [0.1, 0.15) is 17.5 Å². The molecule has 0 aliphatic heterocycles. The molecule has 0 spiro atoms. The highest BCUT2D eigenvalue weighted by molar-refractivity contribution is 6.30. The lowest BCUT2D eigenvalue weighted by Gasteiger charge is -2.31. The molecule has 0 heterocycles. The molecule has 7 heteroatoms. The number of likely N-dealkylation sites (N-methyl/N-ethyl adjacent to an activating group) is 1. The van der Waals surface area contributed by atoms with Gasteiger partial charge in [-0.15, -0.1) is 0 Å². The Kier molecular flexibility index (Phi) is 8.72. The minimum atomic E-state index is -0.719. The van der Waals surface area contributed by atoms with E-state index >= 15 is 0 Å². The zero-order chi connectivity index (χ0) is 23.6. The molecule has 2 amide bonds. The van der Waals surface area contributed by atoms with E-state index in [9.17, 15) is 9.59 Å². The minimum absolute atomic E-state index is 0.213. The van der Waals surface area contributed by atoms with Gasteiger partial charge in [-0.1, -0.05) is 54.1 Å². The van der Waals surface area contributed by atoms with Gasteiger partial charge in [0.25, 0.3) is 5.91 Å². The Bertz CT molecular complexity index is 1060. The van der Waals surface area contributed by atoms with E-state index < -0.39 is 6.04 Å². The summed E-state index contributed by atoms with van der Waals surface area (Å²) in [4.78, 5) is 27.8. The van der Waals surface area contributed by atoms with Gasteiger partial charge in [-0.05, 0) is 47.5 Å². The van der Waals surface area contributed by atoms with Crippen LogP contribution in [0.2, 0.25) is 5.02 Å². The van der Waals surface area contributed by atoms with Crippen LogP contribution in [0.1, 0.15) is 11.1 Å². The van der Waals surface area contributed by atoms with Crippen molar-refractivity contribution in [3.63, 3.8) is 0 Å². The molecule has 0 aliphatic rings. The molecule has 6 nitrogen and oxygen atoms in total. The van der Waals surface area contributed by atoms with Crippen LogP contribution in [0.25, 0.3) is 0 Å². The van der Waals surface area contributed by atoms with Gasteiger partial charge in [0.15, 0.2) is 6.61 Å². The molecule has 33 heavy (non-hydrogen) atoms. The van der Waals surface area contributed by atoms with Crippen molar-refractivity contribution < 1.29 is 19.1 Å². The summed E-state index contributed by atoms with van der Waals surface area (Å²) in [5, 5.41) is 3.25. The summed E-state index contributed by atoms with van der Waals surface area (Å²) in [5.74, 6) is 0.666. The molecule has 0 aromatic heterocycles. The average Bonchev–Trinajstić information content (AvgIpc) is 2.85. The average molecular weight is 467 g/mol. The summed E-state index contributed by atoms with van der Waals surface area (Å²) in [5.41, 5.74) is 1.77. The van der Waals surface area contributed by atoms with E-state index in [0.717, 1.165) is 11.1 Å². The first-order valence-electron chi connectivity index (χ1n) is 10.6. The Balaban J connectivity index is 1.85. The Labute approximate surface area is 199 Å². The van der Waals surface area contributed by atoms with Crippen molar-refractivity contribution in [1.29, 1.82) is 0 Å². The Hall–Kier alpha value is -3.51. The summed E-state index contributed by atoms with van der Waals surface area (Å²) < 4.78 is 10.9. The number of nitrogens with zero attached hydrogens (tertiary/aromatic N) is 1. The summed E-state index contributed by atoms with van der Waals surface area (Å²) in [7, 11) is 3.15. The lowest BCUT2D eigenvalue weighted by molar-refractivity contribution is -0.142.